The summed E-state index contributed by atoms with van der Waals surface area (Å²) in [6, 6.07) is 6.53. The first-order valence-corrected chi connectivity index (χ1v) is 8.20. The minimum Gasteiger partial charge on any atom is -0.349 e. The van der Waals surface area contributed by atoms with Gasteiger partial charge in [0.05, 0.1) is 6.54 Å². The number of hydrogen-bond donors (Lipinski definition) is 2. The molecule has 1 aliphatic rings. The predicted molar refractivity (Wildman–Crippen MR) is 87.5 cm³/mol. The molecule has 21 heavy (non-hydrogen) atoms. The lowest BCUT2D eigenvalue weighted by molar-refractivity contribution is 0.672. The summed E-state index contributed by atoms with van der Waals surface area (Å²) < 4.78 is 0. The molecule has 0 amide bonds. The Labute approximate surface area is 129 Å². The maximum atomic E-state index is 5.56. The number of nitrogens with zero attached hydrogens (tertiary/aromatic N) is 3. The fraction of sp³-hybridized carbons (Fsp3) is 0.467. The molecule has 112 valence electrons. The smallest absolute Gasteiger partial charge is 0.145 e. The van der Waals surface area contributed by atoms with E-state index in [1.807, 2.05) is 6.07 Å². The monoisotopic (exact) mass is 303 g/mol. The van der Waals surface area contributed by atoms with E-state index >= 15 is 0 Å². The van der Waals surface area contributed by atoms with Crippen molar-refractivity contribution in [1.29, 1.82) is 0 Å². The van der Waals surface area contributed by atoms with Crippen LogP contribution in [0.2, 0.25) is 0 Å². The van der Waals surface area contributed by atoms with Gasteiger partial charge in [0, 0.05) is 22.9 Å². The standard InChI is InChI=1S/C15H21N5S/c1-10(2)20(9-12-4-3-7-21-12)14-8-13(19-16)17-15(18-14)11-5-6-11/h3-4,7-8,10-11H,5-6,9,16H2,1-2H3,(H,17,18,19). The molecular formula is C15H21N5S. The predicted octanol–water partition coefficient (Wildman–Crippen LogP) is 3.12. The van der Waals surface area contributed by atoms with Crippen molar-refractivity contribution < 1.29 is 0 Å². The number of nitrogens with two attached hydrogens (primary N) is 1. The van der Waals surface area contributed by atoms with Crippen molar-refractivity contribution in [2.24, 2.45) is 5.84 Å². The van der Waals surface area contributed by atoms with Crippen molar-refractivity contribution in [2.45, 2.75) is 45.2 Å². The van der Waals surface area contributed by atoms with Crippen LogP contribution in [0.3, 0.4) is 0 Å². The fourth-order valence-corrected chi connectivity index (χ4v) is 3.00. The molecule has 0 radical (unpaired) electrons. The molecule has 0 aromatic carbocycles. The zero-order valence-electron chi connectivity index (χ0n) is 12.4. The molecule has 6 heteroatoms. The Bertz CT molecular complexity index is 592. The molecule has 0 bridgehead atoms. The Kier molecular flexibility index (Phi) is 4.07. The van der Waals surface area contributed by atoms with E-state index in [9.17, 15) is 0 Å². The number of anilines is 2. The van der Waals surface area contributed by atoms with Crippen LogP contribution in [0.15, 0.2) is 23.6 Å². The first kappa shape index (κ1) is 14.3. The van der Waals surface area contributed by atoms with Gasteiger partial charge in [0.2, 0.25) is 0 Å². The summed E-state index contributed by atoms with van der Waals surface area (Å²) in [7, 11) is 0. The number of aromatic nitrogens is 2. The molecule has 0 atom stereocenters. The van der Waals surface area contributed by atoms with Gasteiger partial charge in [-0.1, -0.05) is 6.07 Å². The minimum absolute atomic E-state index is 0.361. The van der Waals surface area contributed by atoms with Crippen molar-refractivity contribution in [1.82, 2.24) is 9.97 Å². The van der Waals surface area contributed by atoms with E-state index in [4.69, 9.17) is 10.8 Å². The normalized spacial score (nSPS) is 14.5. The number of nitrogen functional groups attached to an aromatic ring is 1. The van der Waals surface area contributed by atoms with Crippen molar-refractivity contribution in [2.75, 3.05) is 10.3 Å². The van der Waals surface area contributed by atoms with Crippen LogP contribution in [0.1, 0.15) is 43.3 Å². The second-order valence-electron chi connectivity index (χ2n) is 5.69. The molecule has 0 saturated heterocycles. The largest absolute Gasteiger partial charge is 0.349 e. The Balaban J connectivity index is 1.92. The first-order valence-electron chi connectivity index (χ1n) is 7.32. The quantitative estimate of drug-likeness (QED) is 0.634. The lowest BCUT2D eigenvalue weighted by Crippen LogP contribution is -2.31. The van der Waals surface area contributed by atoms with E-state index in [0.717, 1.165) is 18.2 Å². The molecule has 0 aliphatic heterocycles. The third kappa shape index (κ3) is 3.33. The maximum absolute atomic E-state index is 5.56. The van der Waals surface area contributed by atoms with Gasteiger partial charge < -0.3 is 10.3 Å². The second-order valence-corrected chi connectivity index (χ2v) is 6.72. The van der Waals surface area contributed by atoms with Gasteiger partial charge in [-0.15, -0.1) is 11.3 Å². The van der Waals surface area contributed by atoms with Crippen molar-refractivity contribution in [3.8, 4) is 0 Å². The summed E-state index contributed by atoms with van der Waals surface area (Å²) in [6.45, 7) is 5.23. The average molecular weight is 303 g/mol. The molecule has 1 aliphatic carbocycles. The topological polar surface area (TPSA) is 67.1 Å². The number of thiophene rings is 1. The Morgan fingerprint density at radius 2 is 2.24 bits per heavy atom. The molecule has 3 N–H and O–H groups in total. The minimum atomic E-state index is 0.361. The van der Waals surface area contributed by atoms with Gasteiger partial charge >= 0.3 is 0 Å². The fourth-order valence-electron chi connectivity index (χ4n) is 2.30. The molecular weight excluding hydrogens is 282 g/mol. The molecule has 3 rings (SSSR count). The molecule has 2 heterocycles. The molecule has 0 unspecified atom stereocenters. The molecule has 2 aromatic heterocycles. The van der Waals surface area contributed by atoms with Gasteiger partial charge in [-0.05, 0) is 38.1 Å². The third-order valence-electron chi connectivity index (χ3n) is 3.64. The number of nitrogens with one attached hydrogen (secondary N) is 1. The van der Waals surface area contributed by atoms with E-state index in [1.165, 1.54) is 17.7 Å². The summed E-state index contributed by atoms with van der Waals surface area (Å²) in [5, 5.41) is 2.11. The number of hydrazine groups is 1. The highest BCUT2D eigenvalue weighted by molar-refractivity contribution is 7.09. The Morgan fingerprint density at radius 1 is 1.43 bits per heavy atom. The summed E-state index contributed by atoms with van der Waals surface area (Å²) in [5.41, 5.74) is 2.67. The third-order valence-corrected chi connectivity index (χ3v) is 4.51. The maximum Gasteiger partial charge on any atom is 0.145 e. The van der Waals surface area contributed by atoms with Crippen LogP contribution in [0.5, 0.6) is 0 Å². The Hall–Kier alpha value is -1.66. The van der Waals surface area contributed by atoms with Crippen molar-refractivity contribution >= 4 is 23.0 Å². The Morgan fingerprint density at radius 3 is 2.81 bits per heavy atom. The highest BCUT2D eigenvalue weighted by atomic mass is 32.1. The summed E-state index contributed by atoms with van der Waals surface area (Å²) in [5.74, 6) is 8.63. The van der Waals surface area contributed by atoms with Gasteiger partial charge in [0.25, 0.3) is 0 Å². The van der Waals surface area contributed by atoms with E-state index in [1.54, 1.807) is 11.3 Å². The average Bonchev–Trinajstić information content (AvgIpc) is 3.21. The second kappa shape index (κ2) is 5.99. The zero-order chi connectivity index (χ0) is 14.8. The van der Waals surface area contributed by atoms with Gasteiger partial charge in [-0.25, -0.2) is 15.8 Å². The van der Waals surface area contributed by atoms with Crippen LogP contribution >= 0.6 is 11.3 Å². The van der Waals surface area contributed by atoms with Crippen molar-refractivity contribution in [3.63, 3.8) is 0 Å². The summed E-state index contributed by atoms with van der Waals surface area (Å²) >= 11 is 1.77. The SMILES string of the molecule is CC(C)N(Cc1cccs1)c1cc(NN)nc(C2CC2)n1. The van der Waals surface area contributed by atoms with E-state index in [-0.39, 0.29) is 0 Å². The van der Waals surface area contributed by atoms with Gasteiger partial charge in [0.1, 0.15) is 17.5 Å². The molecule has 2 aromatic rings. The highest BCUT2D eigenvalue weighted by Crippen LogP contribution is 2.39. The van der Waals surface area contributed by atoms with Crippen LogP contribution in [0.25, 0.3) is 0 Å². The van der Waals surface area contributed by atoms with E-state index in [2.05, 4.69) is 46.7 Å². The van der Waals surface area contributed by atoms with Crippen LogP contribution in [-0.2, 0) is 6.54 Å². The van der Waals surface area contributed by atoms with Crippen LogP contribution < -0.4 is 16.2 Å². The van der Waals surface area contributed by atoms with E-state index < -0.39 is 0 Å². The number of hydrogen-bond acceptors (Lipinski definition) is 6. The van der Waals surface area contributed by atoms with Crippen molar-refractivity contribution in [3.05, 3.63) is 34.3 Å². The first-order chi connectivity index (χ1) is 10.2. The molecule has 0 spiro atoms. The zero-order valence-corrected chi connectivity index (χ0v) is 13.2. The van der Waals surface area contributed by atoms with Crippen LogP contribution in [-0.4, -0.2) is 16.0 Å². The van der Waals surface area contributed by atoms with Crippen LogP contribution in [0.4, 0.5) is 11.6 Å². The summed E-state index contributed by atoms with van der Waals surface area (Å²) in [4.78, 5) is 12.9. The summed E-state index contributed by atoms with van der Waals surface area (Å²) in [6.07, 6.45) is 2.36. The lowest BCUT2D eigenvalue weighted by atomic mass is 10.2. The molecule has 1 fully saturated rings. The highest BCUT2D eigenvalue weighted by Gasteiger charge is 2.28. The lowest BCUT2D eigenvalue weighted by Gasteiger charge is -2.28. The number of rotatable bonds is 6. The molecule has 5 nitrogen and oxygen atoms in total. The molecule has 1 saturated carbocycles. The van der Waals surface area contributed by atoms with Crippen LogP contribution in [0, 0.1) is 0 Å². The van der Waals surface area contributed by atoms with Gasteiger partial charge in [0.15, 0.2) is 0 Å². The van der Waals surface area contributed by atoms with Gasteiger partial charge in [-0.3, -0.25) is 0 Å². The van der Waals surface area contributed by atoms with Gasteiger partial charge in [-0.2, -0.15) is 0 Å². The van der Waals surface area contributed by atoms with E-state index in [0.29, 0.717) is 17.8 Å².